The molecule has 0 saturated carbocycles. The van der Waals surface area contributed by atoms with Gasteiger partial charge in [-0.2, -0.15) is 5.10 Å². The molecular weight excluding hydrogens is 340 g/mol. The zero-order chi connectivity index (χ0) is 19.5. The predicted molar refractivity (Wildman–Crippen MR) is 111 cm³/mol. The number of guanidine groups is 1. The van der Waals surface area contributed by atoms with Crippen LogP contribution in [0.25, 0.3) is 0 Å². The molecular formula is C20H36N6O. The average molecular weight is 377 g/mol. The normalized spacial score (nSPS) is 14.1. The van der Waals surface area contributed by atoms with Crippen LogP contribution in [0.15, 0.2) is 22.4 Å². The van der Waals surface area contributed by atoms with E-state index in [9.17, 15) is 4.79 Å². The van der Waals surface area contributed by atoms with Crippen molar-refractivity contribution in [3.8, 4) is 0 Å². The molecule has 0 atom stereocenters. The quantitative estimate of drug-likeness (QED) is 0.279. The maximum Gasteiger partial charge on any atom is 0.345 e. The minimum absolute atomic E-state index is 0.0391. The van der Waals surface area contributed by atoms with Gasteiger partial charge in [0.1, 0.15) is 5.82 Å². The first-order valence-electron chi connectivity index (χ1n) is 10.4. The van der Waals surface area contributed by atoms with Crippen LogP contribution in [0.2, 0.25) is 0 Å². The Morgan fingerprint density at radius 2 is 2.19 bits per heavy atom. The molecule has 0 radical (unpaired) electrons. The van der Waals surface area contributed by atoms with Gasteiger partial charge in [-0.05, 0) is 45.4 Å². The van der Waals surface area contributed by atoms with Gasteiger partial charge in [0.15, 0.2) is 5.96 Å². The summed E-state index contributed by atoms with van der Waals surface area (Å²) in [4.78, 5) is 19.3. The van der Waals surface area contributed by atoms with Crippen LogP contribution in [-0.4, -0.2) is 51.9 Å². The van der Waals surface area contributed by atoms with E-state index in [1.807, 2.05) is 10.6 Å². The van der Waals surface area contributed by atoms with E-state index in [0.29, 0.717) is 13.1 Å². The predicted octanol–water partition coefficient (Wildman–Crippen LogP) is 2.41. The van der Waals surface area contributed by atoms with E-state index in [2.05, 4.69) is 35.9 Å². The van der Waals surface area contributed by atoms with Gasteiger partial charge in [-0.1, -0.05) is 12.5 Å². The minimum Gasteiger partial charge on any atom is -0.357 e. The van der Waals surface area contributed by atoms with Gasteiger partial charge >= 0.3 is 5.69 Å². The SMILES string of the molecule is C=CCCCCCN(C)C(=NCCCn1nc2n(c1=O)CCCC2)NCC. The number of allylic oxidation sites excluding steroid dienone is 1. The number of hydrogen-bond acceptors (Lipinski definition) is 3. The average Bonchev–Trinajstić information content (AvgIpc) is 3.00. The summed E-state index contributed by atoms with van der Waals surface area (Å²) in [7, 11) is 2.09. The summed E-state index contributed by atoms with van der Waals surface area (Å²) in [5, 5.41) is 7.84. The molecule has 1 aliphatic rings. The number of aromatic nitrogens is 3. The molecule has 0 bridgehead atoms. The third kappa shape index (κ3) is 6.56. The van der Waals surface area contributed by atoms with Gasteiger partial charge in [-0.25, -0.2) is 9.48 Å². The van der Waals surface area contributed by atoms with E-state index in [1.165, 1.54) is 12.8 Å². The lowest BCUT2D eigenvalue weighted by Gasteiger charge is -2.22. The Bertz CT molecular complexity index is 660. The first-order valence-corrected chi connectivity index (χ1v) is 10.4. The van der Waals surface area contributed by atoms with Gasteiger partial charge in [-0.15, -0.1) is 6.58 Å². The molecule has 0 spiro atoms. The Balaban J connectivity index is 1.79. The van der Waals surface area contributed by atoms with Crippen molar-refractivity contribution in [3.05, 3.63) is 29.0 Å². The Morgan fingerprint density at radius 1 is 1.33 bits per heavy atom. The van der Waals surface area contributed by atoms with Gasteiger partial charge in [0.05, 0.1) is 0 Å². The van der Waals surface area contributed by atoms with Crippen LogP contribution < -0.4 is 11.0 Å². The highest BCUT2D eigenvalue weighted by Crippen LogP contribution is 2.09. The first-order chi connectivity index (χ1) is 13.2. The number of rotatable bonds is 11. The second-order valence-corrected chi connectivity index (χ2v) is 7.18. The van der Waals surface area contributed by atoms with Crippen molar-refractivity contribution in [2.45, 2.75) is 71.4 Å². The van der Waals surface area contributed by atoms with Crippen LogP contribution >= 0.6 is 0 Å². The number of unbranched alkanes of at least 4 members (excludes halogenated alkanes) is 3. The van der Waals surface area contributed by atoms with Crippen LogP contribution in [0.1, 0.15) is 57.7 Å². The van der Waals surface area contributed by atoms with E-state index in [1.54, 1.807) is 4.68 Å². The number of fused-ring (bicyclic) bond motifs is 1. The molecule has 7 nitrogen and oxygen atoms in total. The highest BCUT2D eigenvalue weighted by Gasteiger charge is 2.16. The van der Waals surface area contributed by atoms with Crippen molar-refractivity contribution in [2.24, 2.45) is 4.99 Å². The number of aryl methyl sites for hydroxylation is 2. The monoisotopic (exact) mass is 376 g/mol. The van der Waals surface area contributed by atoms with Crippen molar-refractivity contribution < 1.29 is 0 Å². The summed E-state index contributed by atoms with van der Waals surface area (Å²) in [5.74, 6) is 1.89. The number of aliphatic imine (C=N–C) groups is 1. The van der Waals surface area contributed by atoms with Crippen molar-refractivity contribution in [1.82, 2.24) is 24.6 Å². The van der Waals surface area contributed by atoms with Gasteiger partial charge in [0, 0.05) is 46.2 Å². The molecule has 152 valence electrons. The molecule has 2 heterocycles. The fourth-order valence-corrected chi connectivity index (χ4v) is 3.39. The molecule has 0 aliphatic carbocycles. The smallest absolute Gasteiger partial charge is 0.345 e. The molecule has 0 fully saturated rings. The number of hydrogen-bond donors (Lipinski definition) is 1. The zero-order valence-electron chi connectivity index (χ0n) is 17.1. The highest BCUT2D eigenvalue weighted by molar-refractivity contribution is 5.79. The molecule has 0 aromatic carbocycles. The molecule has 1 aromatic rings. The fourth-order valence-electron chi connectivity index (χ4n) is 3.39. The van der Waals surface area contributed by atoms with Crippen LogP contribution in [0.3, 0.4) is 0 Å². The maximum atomic E-state index is 12.3. The molecule has 7 heteroatoms. The molecule has 0 saturated heterocycles. The molecule has 1 aliphatic heterocycles. The molecule has 1 N–H and O–H groups in total. The molecule has 27 heavy (non-hydrogen) atoms. The first kappa shape index (κ1) is 21.3. The summed E-state index contributed by atoms with van der Waals surface area (Å²) in [6.07, 6.45) is 10.6. The highest BCUT2D eigenvalue weighted by atomic mass is 16.2. The topological polar surface area (TPSA) is 67.5 Å². The summed E-state index contributed by atoms with van der Waals surface area (Å²) >= 11 is 0. The van der Waals surface area contributed by atoms with Crippen LogP contribution in [-0.2, 0) is 19.5 Å². The van der Waals surface area contributed by atoms with E-state index >= 15 is 0 Å². The summed E-state index contributed by atoms with van der Waals surface area (Å²) in [5.41, 5.74) is 0.0391. The lowest BCUT2D eigenvalue weighted by atomic mass is 10.2. The standard InChI is InChI=1S/C20H36N6O/c1-4-6-7-8-10-15-24(3)19(21-5-2)22-14-12-17-26-20(27)25-16-11-9-13-18(25)23-26/h4H,1,5-17H2,2-3H3,(H,21,22). The van der Waals surface area contributed by atoms with E-state index in [4.69, 9.17) is 4.99 Å². The minimum atomic E-state index is 0.0391. The van der Waals surface area contributed by atoms with Crippen LogP contribution in [0, 0.1) is 0 Å². The Hall–Kier alpha value is -2.05. The fraction of sp³-hybridized carbons (Fsp3) is 0.750. The largest absolute Gasteiger partial charge is 0.357 e. The van der Waals surface area contributed by atoms with Crippen molar-refractivity contribution >= 4 is 5.96 Å². The number of nitrogens with one attached hydrogen (secondary N) is 1. The second kappa shape index (κ2) is 11.6. The number of nitrogens with zero attached hydrogens (tertiary/aromatic N) is 5. The molecule has 0 amide bonds. The van der Waals surface area contributed by atoms with Crippen LogP contribution in [0.5, 0.6) is 0 Å². The summed E-state index contributed by atoms with van der Waals surface area (Å²) in [6.45, 7) is 9.84. The van der Waals surface area contributed by atoms with Gasteiger partial charge in [0.25, 0.3) is 0 Å². The Morgan fingerprint density at radius 3 is 2.93 bits per heavy atom. The summed E-state index contributed by atoms with van der Waals surface area (Å²) in [6, 6.07) is 0. The van der Waals surface area contributed by atoms with Crippen LogP contribution in [0.4, 0.5) is 0 Å². The molecule has 2 rings (SSSR count). The lowest BCUT2D eigenvalue weighted by Crippen LogP contribution is -2.39. The van der Waals surface area contributed by atoms with E-state index in [-0.39, 0.29) is 5.69 Å². The third-order valence-corrected chi connectivity index (χ3v) is 4.92. The second-order valence-electron chi connectivity index (χ2n) is 7.18. The van der Waals surface area contributed by atoms with Crippen molar-refractivity contribution in [1.29, 1.82) is 0 Å². The van der Waals surface area contributed by atoms with Gasteiger partial charge in [-0.3, -0.25) is 9.56 Å². The lowest BCUT2D eigenvalue weighted by molar-refractivity contribution is 0.454. The van der Waals surface area contributed by atoms with Gasteiger partial charge in [0.2, 0.25) is 0 Å². The Labute approximate surface area is 163 Å². The third-order valence-electron chi connectivity index (χ3n) is 4.92. The Kier molecular flexibility index (Phi) is 9.15. The van der Waals surface area contributed by atoms with E-state index < -0.39 is 0 Å². The van der Waals surface area contributed by atoms with E-state index in [0.717, 1.165) is 69.9 Å². The van der Waals surface area contributed by atoms with Crippen molar-refractivity contribution in [3.63, 3.8) is 0 Å². The maximum absolute atomic E-state index is 12.3. The summed E-state index contributed by atoms with van der Waals surface area (Å²) < 4.78 is 3.45. The zero-order valence-corrected chi connectivity index (χ0v) is 17.1. The van der Waals surface area contributed by atoms with Gasteiger partial charge < -0.3 is 10.2 Å². The molecule has 1 aromatic heterocycles. The van der Waals surface area contributed by atoms with Crippen molar-refractivity contribution in [2.75, 3.05) is 26.7 Å². The molecule has 0 unspecified atom stereocenters.